The molecule has 0 aliphatic heterocycles. The zero-order valence-corrected chi connectivity index (χ0v) is 10.9. The maximum absolute atomic E-state index is 5.71. The summed E-state index contributed by atoms with van der Waals surface area (Å²) in [6.45, 7) is 15.2. The van der Waals surface area contributed by atoms with Gasteiger partial charge in [0.2, 0.25) is 0 Å². The van der Waals surface area contributed by atoms with Crippen molar-refractivity contribution in [2.45, 2.75) is 41.5 Å². The summed E-state index contributed by atoms with van der Waals surface area (Å²) >= 11 is 0. The summed E-state index contributed by atoms with van der Waals surface area (Å²) in [6, 6.07) is 0. The molecule has 0 aliphatic rings. The first-order chi connectivity index (χ1) is 6.25. The Hall–Kier alpha value is -0.0800. The SMILES string of the molecule is CC(C)CN(C)OCC(C)(C)C(C)C. The fraction of sp³-hybridized carbons (Fsp3) is 1.00. The Bertz CT molecular complexity index is 152. The van der Waals surface area contributed by atoms with Crippen LogP contribution in [0.5, 0.6) is 0 Å². The Morgan fingerprint density at radius 1 is 1.14 bits per heavy atom. The number of rotatable bonds is 6. The molecule has 0 atom stereocenters. The van der Waals surface area contributed by atoms with Crippen molar-refractivity contribution in [1.82, 2.24) is 5.06 Å². The smallest absolute Gasteiger partial charge is 0.0738 e. The maximum Gasteiger partial charge on any atom is 0.0738 e. The lowest BCUT2D eigenvalue weighted by Crippen LogP contribution is -2.32. The minimum atomic E-state index is 0.255. The highest BCUT2D eigenvalue weighted by Crippen LogP contribution is 2.26. The van der Waals surface area contributed by atoms with Gasteiger partial charge in [-0.3, -0.25) is 4.84 Å². The van der Waals surface area contributed by atoms with Crippen molar-refractivity contribution in [2.75, 3.05) is 20.2 Å². The normalized spacial score (nSPS) is 13.3. The van der Waals surface area contributed by atoms with E-state index >= 15 is 0 Å². The van der Waals surface area contributed by atoms with Crippen molar-refractivity contribution in [3.63, 3.8) is 0 Å². The van der Waals surface area contributed by atoms with Crippen LogP contribution >= 0.6 is 0 Å². The van der Waals surface area contributed by atoms with Gasteiger partial charge in [-0.05, 0) is 17.3 Å². The lowest BCUT2D eigenvalue weighted by molar-refractivity contribution is -0.173. The van der Waals surface area contributed by atoms with Gasteiger partial charge in [-0.2, -0.15) is 5.06 Å². The van der Waals surface area contributed by atoms with E-state index in [9.17, 15) is 0 Å². The molecule has 0 N–H and O–H groups in total. The molecule has 0 unspecified atom stereocenters. The Balaban J connectivity index is 3.81. The van der Waals surface area contributed by atoms with Crippen LogP contribution in [0.4, 0.5) is 0 Å². The minimum absolute atomic E-state index is 0.255. The summed E-state index contributed by atoms with van der Waals surface area (Å²) in [4.78, 5) is 5.71. The van der Waals surface area contributed by atoms with Crippen LogP contribution in [-0.2, 0) is 4.84 Å². The molecular formula is C12H27NO. The van der Waals surface area contributed by atoms with Crippen LogP contribution in [0.3, 0.4) is 0 Å². The van der Waals surface area contributed by atoms with Crippen LogP contribution in [0, 0.1) is 17.3 Å². The molecule has 0 heterocycles. The molecule has 0 rings (SSSR count). The predicted octanol–water partition coefficient (Wildman–Crippen LogP) is 3.19. The summed E-state index contributed by atoms with van der Waals surface area (Å²) in [5, 5.41) is 1.95. The number of hydroxylamine groups is 2. The summed E-state index contributed by atoms with van der Waals surface area (Å²) < 4.78 is 0. The Kier molecular flexibility index (Phi) is 5.68. The van der Waals surface area contributed by atoms with Crippen molar-refractivity contribution in [3.05, 3.63) is 0 Å². The number of nitrogens with zero attached hydrogens (tertiary/aromatic N) is 1. The molecule has 0 aromatic rings. The maximum atomic E-state index is 5.71. The lowest BCUT2D eigenvalue weighted by Gasteiger charge is -2.31. The van der Waals surface area contributed by atoms with Crippen LogP contribution < -0.4 is 0 Å². The van der Waals surface area contributed by atoms with Crippen LogP contribution in [0.15, 0.2) is 0 Å². The van der Waals surface area contributed by atoms with E-state index in [1.165, 1.54) is 0 Å². The molecule has 0 radical (unpaired) electrons. The van der Waals surface area contributed by atoms with Crippen LogP contribution in [0.25, 0.3) is 0 Å². The first-order valence-electron chi connectivity index (χ1n) is 5.59. The second-order valence-corrected chi connectivity index (χ2v) is 5.62. The van der Waals surface area contributed by atoms with Gasteiger partial charge in [0.25, 0.3) is 0 Å². The third-order valence-corrected chi connectivity index (χ3v) is 2.84. The van der Waals surface area contributed by atoms with Crippen molar-refractivity contribution < 1.29 is 4.84 Å². The molecule has 0 aromatic heterocycles. The predicted molar refractivity (Wildman–Crippen MR) is 62.0 cm³/mol. The molecule has 0 saturated carbocycles. The second-order valence-electron chi connectivity index (χ2n) is 5.62. The van der Waals surface area contributed by atoms with E-state index in [1.807, 2.05) is 12.1 Å². The zero-order chi connectivity index (χ0) is 11.4. The molecule has 0 aromatic carbocycles. The number of hydrogen-bond donors (Lipinski definition) is 0. The third-order valence-electron chi connectivity index (χ3n) is 2.84. The molecule has 0 bridgehead atoms. The molecule has 0 fully saturated rings. The van der Waals surface area contributed by atoms with Crippen molar-refractivity contribution in [2.24, 2.45) is 17.3 Å². The highest BCUT2D eigenvalue weighted by Gasteiger charge is 2.23. The quantitative estimate of drug-likeness (QED) is 0.612. The topological polar surface area (TPSA) is 12.5 Å². The van der Waals surface area contributed by atoms with Crippen molar-refractivity contribution in [1.29, 1.82) is 0 Å². The van der Waals surface area contributed by atoms with E-state index in [4.69, 9.17) is 4.84 Å². The molecular weight excluding hydrogens is 174 g/mol. The van der Waals surface area contributed by atoms with Gasteiger partial charge in [-0.1, -0.05) is 41.5 Å². The van der Waals surface area contributed by atoms with Gasteiger partial charge >= 0.3 is 0 Å². The first-order valence-corrected chi connectivity index (χ1v) is 5.59. The molecule has 0 saturated heterocycles. The van der Waals surface area contributed by atoms with E-state index < -0.39 is 0 Å². The average Bonchev–Trinajstić information content (AvgIpc) is 1.99. The second kappa shape index (κ2) is 5.72. The van der Waals surface area contributed by atoms with E-state index in [-0.39, 0.29) is 5.41 Å². The van der Waals surface area contributed by atoms with E-state index in [1.54, 1.807) is 0 Å². The van der Waals surface area contributed by atoms with Gasteiger partial charge < -0.3 is 0 Å². The van der Waals surface area contributed by atoms with Gasteiger partial charge in [0, 0.05) is 13.6 Å². The molecule has 86 valence electrons. The summed E-state index contributed by atoms with van der Waals surface area (Å²) in [7, 11) is 2.01. The zero-order valence-electron chi connectivity index (χ0n) is 10.9. The fourth-order valence-electron chi connectivity index (χ4n) is 1.01. The summed E-state index contributed by atoms with van der Waals surface area (Å²) in [6.07, 6.45) is 0. The molecule has 0 amide bonds. The van der Waals surface area contributed by atoms with Crippen LogP contribution in [0.2, 0.25) is 0 Å². The molecule has 2 nitrogen and oxygen atoms in total. The van der Waals surface area contributed by atoms with Gasteiger partial charge in [0.1, 0.15) is 0 Å². The molecule has 0 spiro atoms. The standard InChI is InChI=1S/C12H27NO/c1-10(2)8-13(7)14-9-12(5,6)11(3)4/h10-11H,8-9H2,1-7H3. The first kappa shape index (κ1) is 13.9. The van der Waals surface area contributed by atoms with Crippen LogP contribution in [0.1, 0.15) is 41.5 Å². The minimum Gasteiger partial charge on any atom is -0.299 e. The monoisotopic (exact) mass is 201 g/mol. The van der Waals surface area contributed by atoms with Gasteiger partial charge in [0.15, 0.2) is 0 Å². The van der Waals surface area contributed by atoms with Gasteiger partial charge in [-0.25, -0.2) is 0 Å². The van der Waals surface area contributed by atoms with Gasteiger partial charge in [-0.15, -0.1) is 0 Å². The molecule has 0 aliphatic carbocycles. The molecule has 14 heavy (non-hydrogen) atoms. The summed E-state index contributed by atoms with van der Waals surface area (Å²) in [5.41, 5.74) is 0.255. The van der Waals surface area contributed by atoms with E-state index in [0.717, 1.165) is 13.2 Å². The van der Waals surface area contributed by atoms with Crippen LogP contribution in [-0.4, -0.2) is 25.3 Å². The Morgan fingerprint density at radius 2 is 1.64 bits per heavy atom. The summed E-state index contributed by atoms with van der Waals surface area (Å²) in [5.74, 6) is 1.30. The highest BCUT2D eigenvalue weighted by molar-refractivity contribution is 4.71. The Morgan fingerprint density at radius 3 is 2.00 bits per heavy atom. The molecule has 2 heteroatoms. The van der Waals surface area contributed by atoms with E-state index in [2.05, 4.69) is 41.5 Å². The van der Waals surface area contributed by atoms with E-state index in [0.29, 0.717) is 11.8 Å². The van der Waals surface area contributed by atoms with Crippen molar-refractivity contribution in [3.8, 4) is 0 Å². The lowest BCUT2D eigenvalue weighted by atomic mass is 9.82. The largest absolute Gasteiger partial charge is 0.299 e. The van der Waals surface area contributed by atoms with Gasteiger partial charge in [0.05, 0.1) is 6.61 Å². The fourth-order valence-corrected chi connectivity index (χ4v) is 1.01. The average molecular weight is 201 g/mol. The Labute approximate surface area is 89.6 Å². The highest BCUT2D eigenvalue weighted by atomic mass is 16.7. The third kappa shape index (κ3) is 5.61. The van der Waals surface area contributed by atoms with Crippen molar-refractivity contribution >= 4 is 0 Å². The number of hydrogen-bond acceptors (Lipinski definition) is 2.